The molecule has 0 saturated carbocycles. The van der Waals surface area contributed by atoms with Crippen LogP contribution in [0.15, 0.2) is 12.1 Å². The van der Waals surface area contributed by atoms with Gasteiger partial charge in [0.05, 0.1) is 11.8 Å². The second-order valence-corrected chi connectivity index (χ2v) is 8.01. The Morgan fingerprint density at radius 3 is 2.54 bits per heavy atom. The zero-order chi connectivity index (χ0) is 19.0. The topological polar surface area (TPSA) is 78.5 Å². The van der Waals surface area contributed by atoms with Gasteiger partial charge in [-0.3, -0.25) is 24.6 Å². The summed E-state index contributed by atoms with van der Waals surface area (Å²) in [5, 5.41) is 6.32. The summed E-state index contributed by atoms with van der Waals surface area (Å²) in [6.45, 7) is 9.67. The van der Waals surface area contributed by atoms with Gasteiger partial charge in [0.15, 0.2) is 0 Å². The molecule has 0 radical (unpaired) electrons. The van der Waals surface area contributed by atoms with E-state index in [4.69, 9.17) is 0 Å². The predicted molar refractivity (Wildman–Crippen MR) is 97.4 cm³/mol. The number of carbonyl (C=O) groups is 3. The molecule has 2 fully saturated rings. The van der Waals surface area contributed by atoms with E-state index in [9.17, 15) is 14.4 Å². The number of nitrogens with zero attached hydrogens (tertiary/aromatic N) is 1. The summed E-state index contributed by atoms with van der Waals surface area (Å²) >= 11 is 0. The van der Waals surface area contributed by atoms with Crippen LogP contribution < -0.4 is 10.6 Å². The van der Waals surface area contributed by atoms with Crippen LogP contribution in [-0.2, 0) is 19.9 Å². The molecule has 0 aliphatic carbocycles. The fourth-order valence-corrected chi connectivity index (χ4v) is 5.06. The number of amides is 3. The quantitative estimate of drug-likeness (QED) is 0.794. The molecule has 2 saturated heterocycles. The van der Waals surface area contributed by atoms with Crippen molar-refractivity contribution in [2.24, 2.45) is 11.8 Å². The second-order valence-electron chi connectivity index (χ2n) is 8.01. The molecule has 1 aromatic rings. The first-order valence-electron chi connectivity index (χ1n) is 9.31. The van der Waals surface area contributed by atoms with E-state index in [1.807, 2.05) is 46.8 Å². The molecule has 3 aliphatic rings. The number of hydrogen-bond donors (Lipinski definition) is 2. The van der Waals surface area contributed by atoms with Gasteiger partial charge in [0, 0.05) is 23.3 Å². The number of benzene rings is 1. The van der Waals surface area contributed by atoms with Crippen molar-refractivity contribution in [3.05, 3.63) is 28.8 Å². The van der Waals surface area contributed by atoms with Crippen molar-refractivity contribution in [1.29, 1.82) is 0 Å². The lowest BCUT2D eigenvalue weighted by Crippen LogP contribution is -2.53. The van der Waals surface area contributed by atoms with Gasteiger partial charge in [0.2, 0.25) is 17.7 Å². The summed E-state index contributed by atoms with van der Waals surface area (Å²) < 4.78 is 0. The molecule has 6 nitrogen and oxygen atoms in total. The van der Waals surface area contributed by atoms with Gasteiger partial charge in [0.25, 0.3) is 0 Å². The Labute approximate surface area is 153 Å². The molecule has 0 bridgehead atoms. The van der Waals surface area contributed by atoms with E-state index in [1.54, 1.807) is 0 Å². The molecule has 5 atom stereocenters. The molecule has 3 amide bonds. The standard InChI is InChI=1S/C20H25N3O3/c1-6-11(4)23-17(24)14-12(5)22-20(15(14)18(23)25)13-8-9(2)7-10(3)16(13)21-19(20)26/h7-8,11-12,14-15,22H,6H2,1-5H3,(H,21,26)/t11-,12+,14-,15+,20-/m1/s1. The van der Waals surface area contributed by atoms with Crippen molar-refractivity contribution in [2.75, 3.05) is 5.32 Å². The number of carbonyl (C=O) groups excluding carboxylic acids is 3. The lowest BCUT2D eigenvalue weighted by atomic mass is 9.76. The Bertz CT molecular complexity index is 849. The third kappa shape index (κ3) is 1.88. The summed E-state index contributed by atoms with van der Waals surface area (Å²) in [5.41, 5.74) is 2.41. The van der Waals surface area contributed by atoms with Gasteiger partial charge in [-0.15, -0.1) is 0 Å². The van der Waals surface area contributed by atoms with E-state index in [-0.39, 0.29) is 29.8 Å². The first-order chi connectivity index (χ1) is 12.2. The largest absolute Gasteiger partial charge is 0.324 e. The van der Waals surface area contributed by atoms with Crippen LogP contribution in [0.1, 0.15) is 43.9 Å². The molecule has 0 aromatic heterocycles. The van der Waals surface area contributed by atoms with E-state index in [2.05, 4.69) is 10.6 Å². The molecule has 1 spiro atoms. The lowest BCUT2D eigenvalue weighted by Gasteiger charge is -2.30. The Balaban J connectivity index is 1.91. The molecule has 6 heteroatoms. The molecule has 2 N–H and O–H groups in total. The normalized spacial score (nSPS) is 33.7. The molecule has 138 valence electrons. The highest BCUT2D eigenvalue weighted by Crippen LogP contribution is 2.53. The fourth-order valence-electron chi connectivity index (χ4n) is 5.06. The van der Waals surface area contributed by atoms with Crippen LogP contribution in [0.2, 0.25) is 0 Å². The number of rotatable bonds is 2. The minimum absolute atomic E-state index is 0.156. The van der Waals surface area contributed by atoms with E-state index in [1.165, 1.54) is 4.90 Å². The minimum atomic E-state index is -1.16. The molecular formula is C20H25N3O3. The summed E-state index contributed by atoms with van der Waals surface area (Å²) in [7, 11) is 0. The van der Waals surface area contributed by atoms with Crippen LogP contribution >= 0.6 is 0 Å². The fraction of sp³-hybridized carbons (Fsp3) is 0.550. The molecule has 1 aromatic carbocycles. The van der Waals surface area contributed by atoms with Crippen molar-refractivity contribution in [2.45, 2.75) is 58.7 Å². The van der Waals surface area contributed by atoms with E-state index in [0.29, 0.717) is 6.42 Å². The van der Waals surface area contributed by atoms with Crippen molar-refractivity contribution in [3.63, 3.8) is 0 Å². The molecule has 3 heterocycles. The first kappa shape index (κ1) is 17.2. The highest BCUT2D eigenvalue weighted by molar-refractivity contribution is 6.15. The van der Waals surface area contributed by atoms with Gasteiger partial charge in [-0.1, -0.05) is 24.6 Å². The average molecular weight is 355 g/mol. The van der Waals surface area contributed by atoms with Crippen LogP contribution in [0, 0.1) is 25.7 Å². The maximum absolute atomic E-state index is 13.3. The molecular weight excluding hydrogens is 330 g/mol. The molecule has 4 rings (SSSR count). The number of hydrogen-bond acceptors (Lipinski definition) is 4. The zero-order valence-corrected chi connectivity index (χ0v) is 15.8. The number of likely N-dealkylation sites (tertiary alicyclic amines) is 1. The van der Waals surface area contributed by atoms with E-state index >= 15 is 0 Å². The van der Waals surface area contributed by atoms with Gasteiger partial charge in [-0.25, -0.2) is 0 Å². The second kappa shape index (κ2) is 5.39. The van der Waals surface area contributed by atoms with Gasteiger partial charge in [0.1, 0.15) is 5.54 Å². The number of fused-ring (bicyclic) bond motifs is 4. The van der Waals surface area contributed by atoms with Gasteiger partial charge < -0.3 is 5.32 Å². The van der Waals surface area contributed by atoms with Crippen molar-refractivity contribution in [3.8, 4) is 0 Å². The smallest absolute Gasteiger partial charge is 0.250 e. The third-order valence-electron chi connectivity index (χ3n) is 6.38. The number of anilines is 1. The lowest BCUT2D eigenvalue weighted by molar-refractivity contribution is -0.145. The summed E-state index contributed by atoms with van der Waals surface area (Å²) in [5.74, 6) is -1.81. The maximum Gasteiger partial charge on any atom is 0.250 e. The minimum Gasteiger partial charge on any atom is -0.324 e. The van der Waals surface area contributed by atoms with Gasteiger partial charge in [-0.2, -0.15) is 0 Å². The molecule has 0 unspecified atom stereocenters. The SMILES string of the molecule is CC[C@@H](C)N1C(=O)[C@@H]2[C@H](C)N[C@@]3(C(=O)Nc4c(C)cc(C)cc43)[C@@H]2C1=O. The summed E-state index contributed by atoms with van der Waals surface area (Å²) in [6.07, 6.45) is 0.701. The van der Waals surface area contributed by atoms with E-state index in [0.717, 1.165) is 22.4 Å². The van der Waals surface area contributed by atoms with Gasteiger partial charge >= 0.3 is 0 Å². The molecule has 26 heavy (non-hydrogen) atoms. The summed E-state index contributed by atoms with van der Waals surface area (Å²) in [6, 6.07) is 3.57. The highest BCUT2D eigenvalue weighted by Gasteiger charge is 2.70. The molecule has 3 aliphatic heterocycles. The van der Waals surface area contributed by atoms with Crippen LogP contribution in [0.3, 0.4) is 0 Å². The number of aryl methyl sites for hydroxylation is 2. The Kier molecular flexibility index (Phi) is 3.57. The maximum atomic E-state index is 13.3. The van der Waals surface area contributed by atoms with Crippen molar-refractivity contribution >= 4 is 23.4 Å². The van der Waals surface area contributed by atoms with Gasteiger partial charge in [-0.05, 0) is 39.7 Å². The van der Waals surface area contributed by atoms with E-state index < -0.39 is 17.4 Å². The number of nitrogens with one attached hydrogen (secondary N) is 2. The highest BCUT2D eigenvalue weighted by atomic mass is 16.2. The third-order valence-corrected chi connectivity index (χ3v) is 6.38. The average Bonchev–Trinajstić information content (AvgIpc) is 3.13. The van der Waals surface area contributed by atoms with Crippen molar-refractivity contribution in [1.82, 2.24) is 10.2 Å². The van der Waals surface area contributed by atoms with Crippen molar-refractivity contribution < 1.29 is 14.4 Å². The Hall–Kier alpha value is -2.21. The Morgan fingerprint density at radius 1 is 1.19 bits per heavy atom. The van der Waals surface area contributed by atoms with Crippen LogP contribution in [0.25, 0.3) is 0 Å². The monoisotopic (exact) mass is 355 g/mol. The first-order valence-corrected chi connectivity index (χ1v) is 9.31. The number of imide groups is 1. The predicted octanol–water partition coefficient (Wildman–Crippen LogP) is 1.84. The van der Waals surface area contributed by atoms with Crippen LogP contribution in [0.4, 0.5) is 5.69 Å². The zero-order valence-electron chi connectivity index (χ0n) is 15.8. The Morgan fingerprint density at radius 2 is 1.88 bits per heavy atom. The summed E-state index contributed by atoms with van der Waals surface area (Å²) in [4.78, 5) is 40.9. The van der Waals surface area contributed by atoms with Crippen LogP contribution in [-0.4, -0.2) is 34.7 Å². The van der Waals surface area contributed by atoms with Crippen LogP contribution in [0.5, 0.6) is 0 Å².